The first kappa shape index (κ1) is 11.2. The maximum Gasteiger partial charge on any atom is -0.00127 e. The Hall–Kier alpha value is -0.340. The predicted octanol–water partition coefficient (Wildman–Crippen LogP) is 1.74. The van der Waals surface area contributed by atoms with Gasteiger partial charge in [0.15, 0.2) is 0 Å². The van der Waals surface area contributed by atoms with Crippen LogP contribution in [0.1, 0.15) is 19.3 Å². The maximum absolute atomic E-state index is 3.61. The molecular weight excluding hydrogens is 184 g/mol. The first-order chi connectivity index (χ1) is 7.25. The Balaban J connectivity index is 1.54. The topological polar surface area (TPSA) is 15.3 Å². The van der Waals surface area contributed by atoms with E-state index in [2.05, 4.69) is 36.5 Å². The van der Waals surface area contributed by atoms with E-state index in [0.29, 0.717) is 0 Å². The van der Waals surface area contributed by atoms with Gasteiger partial charge in [-0.2, -0.15) is 0 Å². The predicted molar refractivity (Wildman–Crippen MR) is 64.9 cm³/mol. The molecule has 0 aromatic rings. The van der Waals surface area contributed by atoms with Gasteiger partial charge in [-0.1, -0.05) is 12.2 Å². The van der Waals surface area contributed by atoms with E-state index in [1.54, 1.807) is 0 Å². The molecule has 0 aromatic heterocycles. The van der Waals surface area contributed by atoms with Crippen LogP contribution in [-0.2, 0) is 0 Å². The van der Waals surface area contributed by atoms with Gasteiger partial charge in [0, 0.05) is 0 Å². The fraction of sp³-hybridized carbons (Fsp3) is 0.846. The molecule has 0 radical (unpaired) electrons. The molecule has 2 bridgehead atoms. The van der Waals surface area contributed by atoms with Crippen molar-refractivity contribution in [1.82, 2.24) is 10.2 Å². The molecule has 0 aromatic carbocycles. The third kappa shape index (κ3) is 3.05. The quantitative estimate of drug-likeness (QED) is 0.528. The Bertz CT molecular complexity index is 223. The molecule has 2 heteroatoms. The van der Waals surface area contributed by atoms with Crippen LogP contribution in [0.3, 0.4) is 0 Å². The summed E-state index contributed by atoms with van der Waals surface area (Å²) in [7, 11) is 4.28. The van der Waals surface area contributed by atoms with Gasteiger partial charge >= 0.3 is 0 Å². The lowest BCUT2D eigenvalue weighted by Gasteiger charge is -2.18. The molecule has 2 aliphatic carbocycles. The Labute approximate surface area is 93.7 Å². The Morgan fingerprint density at radius 1 is 1.27 bits per heavy atom. The number of nitrogens with zero attached hydrogens (tertiary/aromatic N) is 1. The lowest BCUT2D eigenvalue weighted by atomic mass is 9.94. The fourth-order valence-corrected chi connectivity index (χ4v) is 2.94. The molecule has 86 valence electrons. The van der Waals surface area contributed by atoms with E-state index in [1.807, 2.05) is 0 Å². The van der Waals surface area contributed by atoms with Crippen molar-refractivity contribution in [3.05, 3.63) is 12.2 Å². The van der Waals surface area contributed by atoms with Gasteiger partial charge in [0.2, 0.25) is 0 Å². The Morgan fingerprint density at radius 3 is 2.73 bits per heavy atom. The normalized spacial score (nSPS) is 33.1. The molecule has 1 N–H and O–H groups in total. The van der Waals surface area contributed by atoms with Crippen molar-refractivity contribution in [2.45, 2.75) is 19.3 Å². The van der Waals surface area contributed by atoms with Crippen LogP contribution < -0.4 is 5.32 Å². The van der Waals surface area contributed by atoms with Crippen molar-refractivity contribution in [1.29, 1.82) is 0 Å². The Morgan fingerprint density at radius 2 is 2.13 bits per heavy atom. The number of fused-ring (bicyclic) bond motifs is 2. The van der Waals surface area contributed by atoms with Crippen LogP contribution in [0.25, 0.3) is 0 Å². The number of hydrogen-bond donors (Lipinski definition) is 1. The number of nitrogens with one attached hydrogen (secondary N) is 1. The van der Waals surface area contributed by atoms with Crippen LogP contribution in [0.5, 0.6) is 0 Å². The van der Waals surface area contributed by atoms with Crippen molar-refractivity contribution in [2.24, 2.45) is 17.8 Å². The number of rotatable bonds is 6. The van der Waals surface area contributed by atoms with E-state index in [1.165, 1.54) is 38.9 Å². The summed E-state index contributed by atoms with van der Waals surface area (Å²) in [6.45, 7) is 3.61. The summed E-state index contributed by atoms with van der Waals surface area (Å²) in [4.78, 5) is 2.25. The van der Waals surface area contributed by atoms with Crippen molar-refractivity contribution in [2.75, 3.05) is 33.7 Å². The zero-order valence-corrected chi connectivity index (χ0v) is 10.1. The molecule has 15 heavy (non-hydrogen) atoms. The lowest BCUT2D eigenvalue weighted by Crippen LogP contribution is -2.28. The van der Waals surface area contributed by atoms with E-state index in [9.17, 15) is 0 Å². The standard InChI is InChI=1S/C13H24N2/c1-15(2)7-3-6-14-10-13-9-11-4-5-12(13)8-11/h4-5,11-14H,3,6-10H2,1-2H3/t11-,12+,13+/m1/s1. The van der Waals surface area contributed by atoms with Crippen molar-refractivity contribution >= 4 is 0 Å². The van der Waals surface area contributed by atoms with Crippen LogP contribution in [0.15, 0.2) is 12.2 Å². The summed E-state index contributed by atoms with van der Waals surface area (Å²) < 4.78 is 0. The van der Waals surface area contributed by atoms with E-state index in [4.69, 9.17) is 0 Å². The van der Waals surface area contributed by atoms with Gasteiger partial charge in [0.05, 0.1) is 0 Å². The van der Waals surface area contributed by atoms with Gasteiger partial charge in [0.1, 0.15) is 0 Å². The van der Waals surface area contributed by atoms with E-state index < -0.39 is 0 Å². The summed E-state index contributed by atoms with van der Waals surface area (Å²) in [5, 5.41) is 3.61. The van der Waals surface area contributed by atoms with Crippen molar-refractivity contribution < 1.29 is 0 Å². The van der Waals surface area contributed by atoms with E-state index in [-0.39, 0.29) is 0 Å². The second-order valence-corrected chi connectivity index (χ2v) is 5.40. The van der Waals surface area contributed by atoms with E-state index in [0.717, 1.165) is 17.8 Å². The van der Waals surface area contributed by atoms with Crippen LogP contribution in [-0.4, -0.2) is 38.6 Å². The summed E-state index contributed by atoms with van der Waals surface area (Å²) in [6.07, 6.45) is 9.00. The first-order valence-corrected chi connectivity index (χ1v) is 6.29. The lowest BCUT2D eigenvalue weighted by molar-refractivity contribution is 0.376. The van der Waals surface area contributed by atoms with Crippen molar-refractivity contribution in [3.63, 3.8) is 0 Å². The number of hydrogen-bond acceptors (Lipinski definition) is 2. The molecule has 0 spiro atoms. The summed E-state index contributed by atoms with van der Waals surface area (Å²) in [6, 6.07) is 0. The van der Waals surface area contributed by atoms with Crippen LogP contribution in [0.4, 0.5) is 0 Å². The molecule has 1 fully saturated rings. The number of allylic oxidation sites excluding steroid dienone is 2. The monoisotopic (exact) mass is 208 g/mol. The molecule has 0 saturated heterocycles. The molecule has 0 aliphatic heterocycles. The molecular formula is C13H24N2. The average Bonchev–Trinajstić information content (AvgIpc) is 2.78. The molecule has 1 saturated carbocycles. The van der Waals surface area contributed by atoms with E-state index >= 15 is 0 Å². The SMILES string of the molecule is CN(C)CCCNC[C@@H]1C[C@@H]2C=C[C@H]1C2. The molecule has 0 amide bonds. The molecule has 3 atom stereocenters. The second-order valence-electron chi connectivity index (χ2n) is 5.40. The minimum absolute atomic E-state index is 0.899. The second kappa shape index (κ2) is 5.13. The fourth-order valence-electron chi connectivity index (χ4n) is 2.94. The Kier molecular flexibility index (Phi) is 3.81. The maximum atomic E-state index is 3.61. The average molecular weight is 208 g/mol. The van der Waals surface area contributed by atoms with Gasteiger partial charge in [-0.25, -0.2) is 0 Å². The zero-order chi connectivity index (χ0) is 10.7. The summed E-state index contributed by atoms with van der Waals surface area (Å²) in [5.74, 6) is 2.75. The third-order valence-corrected chi connectivity index (χ3v) is 3.78. The molecule has 0 heterocycles. The van der Waals surface area contributed by atoms with Crippen LogP contribution >= 0.6 is 0 Å². The minimum atomic E-state index is 0.899. The minimum Gasteiger partial charge on any atom is -0.316 e. The van der Waals surface area contributed by atoms with Crippen molar-refractivity contribution in [3.8, 4) is 0 Å². The highest BCUT2D eigenvalue weighted by atomic mass is 15.1. The largest absolute Gasteiger partial charge is 0.316 e. The molecule has 0 unspecified atom stereocenters. The van der Waals surface area contributed by atoms with Crippen LogP contribution in [0.2, 0.25) is 0 Å². The third-order valence-electron chi connectivity index (χ3n) is 3.78. The van der Waals surface area contributed by atoms with Crippen LogP contribution in [0, 0.1) is 17.8 Å². The van der Waals surface area contributed by atoms with Gasteiger partial charge in [-0.3, -0.25) is 0 Å². The highest BCUT2D eigenvalue weighted by Gasteiger charge is 2.34. The van der Waals surface area contributed by atoms with Gasteiger partial charge in [0.25, 0.3) is 0 Å². The van der Waals surface area contributed by atoms with Gasteiger partial charge < -0.3 is 10.2 Å². The molecule has 2 nitrogen and oxygen atoms in total. The summed E-state index contributed by atoms with van der Waals surface area (Å²) in [5.41, 5.74) is 0. The molecule has 2 aliphatic rings. The van der Waals surface area contributed by atoms with Gasteiger partial charge in [-0.15, -0.1) is 0 Å². The highest BCUT2D eigenvalue weighted by Crippen LogP contribution is 2.42. The zero-order valence-electron chi connectivity index (χ0n) is 10.1. The summed E-state index contributed by atoms with van der Waals surface area (Å²) >= 11 is 0. The highest BCUT2D eigenvalue weighted by molar-refractivity contribution is 5.10. The van der Waals surface area contributed by atoms with Gasteiger partial charge in [-0.05, 0) is 70.7 Å². The smallest absolute Gasteiger partial charge is 0.00127 e. The molecule has 2 rings (SSSR count). The first-order valence-electron chi connectivity index (χ1n) is 6.29.